The Balaban J connectivity index is 2.32. The van der Waals surface area contributed by atoms with Crippen LogP contribution in [0.4, 0.5) is 0 Å². The van der Waals surface area contributed by atoms with Crippen LogP contribution in [0.15, 0.2) is 36.4 Å². The molecule has 0 saturated carbocycles. The lowest BCUT2D eigenvalue weighted by atomic mass is 10.1. The van der Waals surface area contributed by atoms with Crippen molar-refractivity contribution in [2.45, 2.75) is 0 Å². The number of ether oxygens (including phenoxy) is 1. The molecule has 2 N–H and O–H groups in total. The molecule has 0 unspecified atom stereocenters. The van der Waals surface area contributed by atoms with E-state index < -0.39 is 11.9 Å². The molecule has 0 heterocycles. The smallest absolute Gasteiger partial charge is 0.339 e. The van der Waals surface area contributed by atoms with Gasteiger partial charge in [-0.2, -0.15) is 5.26 Å². The first-order valence-electron chi connectivity index (χ1n) is 6.15. The fourth-order valence-corrected chi connectivity index (χ4v) is 1.89. The summed E-state index contributed by atoms with van der Waals surface area (Å²) in [5, 5.41) is 21.3. The van der Waals surface area contributed by atoms with E-state index in [1.54, 1.807) is 24.3 Å². The van der Waals surface area contributed by atoms with Gasteiger partial charge in [0, 0.05) is 5.39 Å². The van der Waals surface area contributed by atoms with Gasteiger partial charge in [0.2, 0.25) is 0 Å². The second-order valence-corrected chi connectivity index (χ2v) is 4.19. The number of nitriles is 1. The number of carbonyl (C=O) groups is 2. The largest absolute Gasteiger partial charge is 0.482 e. The summed E-state index contributed by atoms with van der Waals surface area (Å²) in [4.78, 5) is 22.7. The second kappa shape index (κ2) is 6.39. The van der Waals surface area contributed by atoms with Gasteiger partial charge in [0.1, 0.15) is 17.9 Å². The van der Waals surface area contributed by atoms with E-state index in [0.717, 1.165) is 5.39 Å². The maximum atomic E-state index is 11.5. The van der Waals surface area contributed by atoms with E-state index in [0.29, 0.717) is 5.39 Å². The first-order chi connectivity index (χ1) is 10.1. The number of carboxylic acid groups (broad SMARTS) is 1. The highest BCUT2D eigenvalue weighted by Crippen LogP contribution is 2.29. The van der Waals surface area contributed by atoms with Gasteiger partial charge in [0.25, 0.3) is 5.91 Å². The molecule has 2 aromatic rings. The van der Waals surface area contributed by atoms with Crippen LogP contribution in [0.5, 0.6) is 5.75 Å². The molecule has 0 radical (unpaired) electrons. The summed E-state index contributed by atoms with van der Waals surface area (Å²) in [6.07, 6.45) is 0. The standard InChI is InChI=1S/C15H12N2O4/c16-7-8-17-13(18)9-21-14-11-4-2-1-3-10(11)5-6-12(14)15(19)20/h1-6H,8-9H2,(H,17,18)(H,19,20). The number of nitrogens with zero attached hydrogens (tertiary/aromatic N) is 1. The van der Waals surface area contributed by atoms with Gasteiger partial charge >= 0.3 is 5.97 Å². The number of carboxylic acids is 1. The SMILES string of the molecule is N#CCNC(=O)COc1c(C(=O)O)ccc2ccccc12. The van der Waals surface area contributed by atoms with Crippen molar-refractivity contribution in [3.05, 3.63) is 42.0 Å². The van der Waals surface area contributed by atoms with E-state index >= 15 is 0 Å². The van der Waals surface area contributed by atoms with Gasteiger partial charge < -0.3 is 15.2 Å². The van der Waals surface area contributed by atoms with Crippen LogP contribution < -0.4 is 10.1 Å². The number of rotatable bonds is 5. The minimum Gasteiger partial charge on any atom is -0.482 e. The van der Waals surface area contributed by atoms with Crippen molar-refractivity contribution in [1.29, 1.82) is 5.26 Å². The van der Waals surface area contributed by atoms with Gasteiger partial charge in [0.05, 0.1) is 6.07 Å². The highest BCUT2D eigenvalue weighted by atomic mass is 16.5. The summed E-state index contributed by atoms with van der Waals surface area (Å²) in [6.45, 7) is -0.473. The quantitative estimate of drug-likeness (QED) is 0.812. The second-order valence-electron chi connectivity index (χ2n) is 4.19. The van der Waals surface area contributed by atoms with Crippen molar-refractivity contribution in [3.63, 3.8) is 0 Å². The lowest BCUT2D eigenvalue weighted by Gasteiger charge is -2.12. The number of amides is 1. The molecule has 21 heavy (non-hydrogen) atoms. The van der Waals surface area contributed by atoms with Gasteiger partial charge in [0.15, 0.2) is 6.61 Å². The number of benzene rings is 2. The summed E-state index contributed by atoms with van der Waals surface area (Å²) in [5.41, 5.74) is -0.0122. The molecule has 2 aromatic carbocycles. The molecule has 6 nitrogen and oxygen atoms in total. The predicted molar refractivity (Wildman–Crippen MR) is 75.0 cm³/mol. The molecule has 2 rings (SSSR count). The maximum Gasteiger partial charge on any atom is 0.339 e. The first-order valence-corrected chi connectivity index (χ1v) is 6.15. The average molecular weight is 284 g/mol. The fraction of sp³-hybridized carbons (Fsp3) is 0.133. The van der Waals surface area contributed by atoms with Crippen LogP contribution in [-0.2, 0) is 4.79 Å². The van der Waals surface area contributed by atoms with Gasteiger partial charge in [-0.25, -0.2) is 4.79 Å². The summed E-state index contributed by atoms with van der Waals surface area (Å²) in [7, 11) is 0. The molecule has 0 fully saturated rings. The number of carbonyl (C=O) groups excluding carboxylic acids is 1. The Hall–Kier alpha value is -3.07. The molecular formula is C15H12N2O4. The third-order valence-corrected chi connectivity index (χ3v) is 2.82. The van der Waals surface area contributed by atoms with Crippen LogP contribution in [0.3, 0.4) is 0 Å². The molecule has 106 valence electrons. The molecule has 1 amide bonds. The molecule has 0 aliphatic rings. The number of hydrogen-bond donors (Lipinski definition) is 2. The van der Waals surface area contributed by atoms with Crippen molar-refractivity contribution in [1.82, 2.24) is 5.32 Å². The predicted octanol–water partition coefficient (Wildman–Crippen LogP) is 1.56. The zero-order chi connectivity index (χ0) is 15.2. The maximum absolute atomic E-state index is 11.5. The molecule has 0 aromatic heterocycles. The normalized spacial score (nSPS) is 9.86. The summed E-state index contributed by atoms with van der Waals surface area (Å²) >= 11 is 0. The van der Waals surface area contributed by atoms with Gasteiger partial charge in [-0.15, -0.1) is 0 Å². The van der Waals surface area contributed by atoms with Gasteiger partial charge in [-0.05, 0) is 11.5 Å². The third kappa shape index (κ3) is 3.28. The van der Waals surface area contributed by atoms with E-state index in [2.05, 4.69) is 5.32 Å². The highest BCUT2D eigenvalue weighted by Gasteiger charge is 2.15. The van der Waals surface area contributed by atoms with Crippen LogP contribution in [0, 0.1) is 11.3 Å². The Kier molecular flexibility index (Phi) is 4.36. The zero-order valence-corrected chi connectivity index (χ0v) is 11.0. The van der Waals surface area contributed by atoms with Crippen LogP contribution in [-0.4, -0.2) is 30.1 Å². The fourth-order valence-electron chi connectivity index (χ4n) is 1.89. The van der Waals surface area contributed by atoms with Crippen molar-refractivity contribution in [2.75, 3.05) is 13.2 Å². The third-order valence-electron chi connectivity index (χ3n) is 2.82. The summed E-state index contributed by atoms with van der Waals surface area (Å²) < 4.78 is 5.37. The molecular weight excluding hydrogens is 272 g/mol. The molecule has 0 spiro atoms. The van der Waals surface area contributed by atoms with E-state index in [1.165, 1.54) is 6.07 Å². The van der Waals surface area contributed by atoms with E-state index in [-0.39, 0.29) is 24.5 Å². The lowest BCUT2D eigenvalue weighted by Crippen LogP contribution is -2.29. The van der Waals surface area contributed by atoms with Crippen LogP contribution in [0.25, 0.3) is 10.8 Å². The molecule has 0 aliphatic carbocycles. The Labute approximate surface area is 120 Å². The molecule has 0 atom stereocenters. The Morgan fingerprint density at radius 1 is 1.24 bits per heavy atom. The zero-order valence-electron chi connectivity index (χ0n) is 11.0. The monoisotopic (exact) mass is 284 g/mol. The summed E-state index contributed by atoms with van der Waals surface area (Å²) in [5.74, 6) is -1.47. The average Bonchev–Trinajstić information content (AvgIpc) is 2.50. The molecule has 0 bridgehead atoms. The number of hydrogen-bond acceptors (Lipinski definition) is 4. The molecule has 0 saturated heterocycles. The van der Waals surface area contributed by atoms with E-state index in [4.69, 9.17) is 10.00 Å². The Morgan fingerprint density at radius 2 is 2.00 bits per heavy atom. The Bertz CT molecular complexity index is 734. The van der Waals surface area contributed by atoms with Crippen molar-refractivity contribution in [3.8, 4) is 11.8 Å². The van der Waals surface area contributed by atoms with Crippen LogP contribution >= 0.6 is 0 Å². The Morgan fingerprint density at radius 3 is 2.71 bits per heavy atom. The minimum atomic E-state index is -1.13. The lowest BCUT2D eigenvalue weighted by molar-refractivity contribution is -0.122. The minimum absolute atomic E-state index is 0.0122. The molecule has 0 aliphatic heterocycles. The van der Waals surface area contributed by atoms with Crippen molar-refractivity contribution < 1.29 is 19.4 Å². The van der Waals surface area contributed by atoms with E-state index in [9.17, 15) is 14.7 Å². The summed E-state index contributed by atoms with van der Waals surface area (Å²) in [6, 6.07) is 12.0. The van der Waals surface area contributed by atoms with Crippen LogP contribution in [0.1, 0.15) is 10.4 Å². The van der Waals surface area contributed by atoms with Crippen molar-refractivity contribution >= 4 is 22.6 Å². The van der Waals surface area contributed by atoms with Crippen LogP contribution in [0.2, 0.25) is 0 Å². The number of aromatic carboxylic acids is 1. The van der Waals surface area contributed by atoms with Gasteiger partial charge in [-0.3, -0.25) is 4.79 Å². The van der Waals surface area contributed by atoms with Crippen molar-refractivity contribution in [2.24, 2.45) is 0 Å². The number of nitrogens with one attached hydrogen (secondary N) is 1. The van der Waals surface area contributed by atoms with E-state index in [1.807, 2.05) is 12.1 Å². The number of fused-ring (bicyclic) bond motifs is 1. The topological polar surface area (TPSA) is 99.4 Å². The van der Waals surface area contributed by atoms with Gasteiger partial charge in [-0.1, -0.05) is 30.3 Å². The first kappa shape index (κ1) is 14.3. The molecule has 6 heteroatoms. The highest BCUT2D eigenvalue weighted by molar-refractivity contribution is 6.00.